The second kappa shape index (κ2) is 5.32. The Bertz CT molecular complexity index is 787. The van der Waals surface area contributed by atoms with Crippen LogP contribution in [0, 0.1) is 0 Å². The van der Waals surface area contributed by atoms with Crippen LogP contribution >= 0.6 is 0 Å². The van der Waals surface area contributed by atoms with Gasteiger partial charge in [-0.1, -0.05) is 18.7 Å². The molecule has 3 aromatic rings. The van der Waals surface area contributed by atoms with Crippen molar-refractivity contribution in [2.45, 2.75) is 6.92 Å². The maximum Gasteiger partial charge on any atom is 0.180 e. The summed E-state index contributed by atoms with van der Waals surface area (Å²) in [5.41, 5.74) is 10.1. The SMILES string of the molecule is C=C(C)COc1cccn2cc(-c3ccc(N)cc3)nc12. The number of anilines is 1. The van der Waals surface area contributed by atoms with Gasteiger partial charge >= 0.3 is 0 Å². The highest BCUT2D eigenvalue weighted by Gasteiger charge is 2.08. The number of pyridine rings is 1. The highest BCUT2D eigenvalue weighted by atomic mass is 16.5. The van der Waals surface area contributed by atoms with Crippen molar-refractivity contribution in [2.24, 2.45) is 0 Å². The average Bonchev–Trinajstić information content (AvgIpc) is 2.90. The van der Waals surface area contributed by atoms with Crippen molar-refractivity contribution in [3.05, 3.63) is 60.9 Å². The number of hydrogen-bond donors (Lipinski definition) is 1. The molecule has 0 spiro atoms. The largest absolute Gasteiger partial charge is 0.485 e. The summed E-state index contributed by atoms with van der Waals surface area (Å²) in [5, 5.41) is 0. The number of benzene rings is 1. The molecule has 0 radical (unpaired) electrons. The molecular weight excluding hydrogens is 262 g/mol. The van der Waals surface area contributed by atoms with Gasteiger partial charge in [0, 0.05) is 23.6 Å². The van der Waals surface area contributed by atoms with Gasteiger partial charge in [0.25, 0.3) is 0 Å². The second-order valence-corrected chi connectivity index (χ2v) is 5.10. The molecule has 0 unspecified atom stereocenters. The first kappa shape index (κ1) is 13.2. The molecule has 0 atom stereocenters. The number of nitrogens with two attached hydrogens (primary N) is 1. The number of imidazole rings is 1. The summed E-state index contributed by atoms with van der Waals surface area (Å²) in [6.07, 6.45) is 3.94. The fourth-order valence-electron chi connectivity index (χ4n) is 2.09. The van der Waals surface area contributed by atoms with Crippen LogP contribution in [-0.4, -0.2) is 16.0 Å². The van der Waals surface area contributed by atoms with E-state index in [0.717, 1.165) is 33.9 Å². The van der Waals surface area contributed by atoms with Crippen LogP contribution in [0.25, 0.3) is 16.9 Å². The van der Waals surface area contributed by atoms with Gasteiger partial charge in [0.05, 0.1) is 5.69 Å². The molecule has 4 heteroatoms. The summed E-state index contributed by atoms with van der Waals surface area (Å²) in [6.45, 7) is 6.27. The Morgan fingerprint density at radius 2 is 2.05 bits per heavy atom. The van der Waals surface area contributed by atoms with E-state index in [1.165, 1.54) is 0 Å². The number of hydrogen-bond acceptors (Lipinski definition) is 3. The van der Waals surface area contributed by atoms with Crippen molar-refractivity contribution in [1.82, 2.24) is 9.38 Å². The van der Waals surface area contributed by atoms with Gasteiger partial charge < -0.3 is 14.9 Å². The van der Waals surface area contributed by atoms with Gasteiger partial charge in [-0.15, -0.1) is 0 Å². The lowest BCUT2D eigenvalue weighted by Gasteiger charge is -2.06. The second-order valence-electron chi connectivity index (χ2n) is 5.10. The summed E-state index contributed by atoms with van der Waals surface area (Å²) in [6, 6.07) is 11.5. The third-order valence-corrected chi connectivity index (χ3v) is 3.13. The van der Waals surface area contributed by atoms with Gasteiger partial charge in [-0.05, 0) is 36.8 Å². The molecule has 106 valence electrons. The Morgan fingerprint density at radius 3 is 2.76 bits per heavy atom. The van der Waals surface area contributed by atoms with Crippen LogP contribution in [0.1, 0.15) is 6.92 Å². The van der Waals surface area contributed by atoms with Crippen LogP contribution in [0.15, 0.2) is 60.9 Å². The minimum atomic E-state index is 0.490. The van der Waals surface area contributed by atoms with Gasteiger partial charge in [0.2, 0.25) is 0 Å². The Kier molecular flexibility index (Phi) is 3.36. The zero-order chi connectivity index (χ0) is 14.8. The lowest BCUT2D eigenvalue weighted by Crippen LogP contribution is -1.99. The van der Waals surface area contributed by atoms with Crippen LogP contribution in [0.3, 0.4) is 0 Å². The standard InChI is InChI=1S/C17H17N3O/c1-12(2)11-21-16-4-3-9-20-10-15(19-17(16)20)13-5-7-14(18)8-6-13/h3-10H,1,11,18H2,2H3. The molecule has 0 fully saturated rings. The maximum absolute atomic E-state index is 5.75. The van der Waals surface area contributed by atoms with Gasteiger partial charge in [-0.25, -0.2) is 4.98 Å². The van der Waals surface area contributed by atoms with Crippen molar-refractivity contribution in [3.63, 3.8) is 0 Å². The molecule has 0 saturated heterocycles. The molecule has 0 aliphatic carbocycles. The third kappa shape index (κ3) is 2.74. The van der Waals surface area contributed by atoms with Crippen molar-refractivity contribution in [3.8, 4) is 17.0 Å². The zero-order valence-corrected chi connectivity index (χ0v) is 11.9. The van der Waals surface area contributed by atoms with Crippen LogP contribution in [-0.2, 0) is 0 Å². The Balaban J connectivity index is 2.01. The highest BCUT2D eigenvalue weighted by molar-refractivity contribution is 5.67. The Labute approximate surface area is 123 Å². The molecule has 0 amide bonds. The Morgan fingerprint density at radius 1 is 1.29 bits per heavy atom. The summed E-state index contributed by atoms with van der Waals surface area (Å²) in [4.78, 5) is 4.66. The fraction of sp³-hybridized carbons (Fsp3) is 0.118. The van der Waals surface area contributed by atoms with Crippen molar-refractivity contribution in [1.29, 1.82) is 0 Å². The Hall–Kier alpha value is -2.75. The zero-order valence-electron chi connectivity index (χ0n) is 11.9. The van der Waals surface area contributed by atoms with Crippen LogP contribution in [0.5, 0.6) is 5.75 Å². The molecule has 2 heterocycles. The quantitative estimate of drug-likeness (QED) is 0.587. The van der Waals surface area contributed by atoms with Gasteiger partial charge in [-0.3, -0.25) is 0 Å². The van der Waals surface area contributed by atoms with Crippen molar-refractivity contribution in [2.75, 3.05) is 12.3 Å². The predicted molar refractivity (Wildman–Crippen MR) is 85.3 cm³/mol. The monoisotopic (exact) mass is 279 g/mol. The molecular formula is C17H17N3O. The van der Waals surface area contributed by atoms with Gasteiger partial charge in [-0.2, -0.15) is 0 Å². The number of rotatable bonds is 4. The molecule has 3 rings (SSSR count). The summed E-state index contributed by atoms with van der Waals surface area (Å²) >= 11 is 0. The minimum absolute atomic E-state index is 0.490. The van der Waals surface area contributed by atoms with Gasteiger partial charge in [0.1, 0.15) is 6.61 Å². The number of nitrogen functional groups attached to an aromatic ring is 1. The first-order valence-corrected chi connectivity index (χ1v) is 6.74. The molecule has 0 aliphatic heterocycles. The summed E-state index contributed by atoms with van der Waals surface area (Å²) < 4.78 is 7.70. The lowest BCUT2D eigenvalue weighted by molar-refractivity contribution is 0.354. The van der Waals surface area contributed by atoms with Gasteiger partial charge in [0.15, 0.2) is 11.4 Å². The molecule has 0 aliphatic rings. The highest BCUT2D eigenvalue weighted by Crippen LogP contribution is 2.25. The van der Waals surface area contributed by atoms with E-state index in [-0.39, 0.29) is 0 Å². The first-order valence-electron chi connectivity index (χ1n) is 6.74. The molecule has 0 bridgehead atoms. The number of ether oxygens (including phenoxy) is 1. The van der Waals surface area contributed by atoms with Crippen LogP contribution in [0.2, 0.25) is 0 Å². The smallest absolute Gasteiger partial charge is 0.180 e. The number of nitrogens with zero attached hydrogens (tertiary/aromatic N) is 2. The molecule has 2 N–H and O–H groups in total. The molecule has 1 aromatic carbocycles. The summed E-state index contributed by atoms with van der Waals surface area (Å²) in [7, 11) is 0. The fourth-order valence-corrected chi connectivity index (χ4v) is 2.09. The van der Waals surface area contributed by atoms with Crippen molar-refractivity contribution < 1.29 is 4.74 Å². The average molecular weight is 279 g/mol. The number of fused-ring (bicyclic) bond motifs is 1. The molecule has 21 heavy (non-hydrogen) atoms. The lowest BCUT2D eigenvalue weighted by atomic mass is 10.1. The topological polar surface area (TPSA) is 52.5 Å². The number of aromatic nitrogens is 2. The molecule has 4 nitrogen and oxygen atoms in total. The minimum Gasteiger partial charge on any atom is -0.485 e. The maximum atomic E-state index is 5.75. The van der Waals surface area contributed by atoms with E-state index in [4.69, 9.17) is 10.5 Å². The van der Waals surface area contributed by atoms with Crippen molar-refractivity contribution >= 4 is 11.3 Å². The van der Waals surface area contributed by atoms with Crippen LogP contribution in [0.4, 0.5) is 5.69 Å². The van der Waals surface area contributed by atoms with E-state index in [2.05, 4.69) is 11.6 Å². The normalized spacial score (nSPS) is 10.7. The molecule has 0 saturated carbocycles. The molecule has 2 aromatic heterocycles. The van der Waals surface area contributed by atoms with E-state index < -0.39 is 0 Å². The third-order valence-electron chi connectivity index (χ3n) is 3.13. The van der Waals surface area contributed by atoms with Crippen LogP contribution < -0.4 is 10.5 Å². The van der Waals surface area contributed by atoms with E-state index in [9.17, 15) is 0 Å². The van der Waals surface area contributed by atoms with E-state index in [0.29, 0.717) is 6.61 Å². The van der Waals surface area contributed by atoms with E-state index in [1.807, 2.05) is 60.1 Å². The summed E-state index contributed by atoms with van der Waals surface area (Å²) in [5.74, 6) is 0.752. The predicted octanol–water partition coefficient (Wildman–Crippen LogP) is 3.54. The van der Waals surface area contributed by atoms with E-state index >= 15 is 0 Å². The van der Waals surface area contributed by atoms with E-state index in [1.54, 1.807) is 0 Å². The first-order chi connectivity index (χ1) is 10.1.